The van der Waals surface area contributed by atoms with E-state index in [4.69, 9.17) is 23.2 Å². The fourth-order valence-corrected chi connectivity index (χ4v) is 2.93. The Balaban J connectivity index is 1.67. The molecular formula is C22H18Cl2N2O2. The molecule has 28 heavy (non-hydrogen) atoms. The van der Waals surface area contributed by atoms with Gasteiger partial charge in [-0.3, -0.25) is 9.59 Å². The van der Waals surface area contributed by atoms with Crippen molar-refractivity contribution in [1.29, 1.82) is 0 Å². The third kappa shape index (κ3) is 5.12. The molecule has 0 bridgehead atoms. The lowest BCUT2D eigenvalue weighted by molar-refractivity contribution is 0.101. The Morgan fingerprint density at radius 2 is 1.04 bits per heavy atom. The van der Waals surface area contributed by atoms with Crippen LogP contribution in [0.25, 0.3) is 0 Å². The summed E-state index contributed by atoms with van der Waals surface area (Å²) in [6, 6.07) is 21.1. The quantitative estimate of drug-likeness (QED) is 0.512. The molecule has 6 heteroatoms. The molecule has 0 heterocycles. The van der Waals surface area contributed by atoms with Crippen molar-refractivity contribution in [2.75, 3.05) is 10.6 Å². The van der Waals surface area contributed by atoms with Gasteiger partial charge >= 0.3 is 0 Å². The number of anilines is 2. The number of rotatable bonds is 6. The number of alkyl halides is 2. The fraction of sp³-hybridized carbons (Fsp3) is 0.0909. The van der Waals surface area contributed by atoms with Crippen LogP contribution >= 0.6 is 23.2 Å². The number of nitrogens with one attached hydrogen (secondary N) is 2. The summed E-state index contributed by atoms with van der Waals surface area (Å²) >= 11 is 11.5. The number of halogens is 2. The molecule has 142 valence electrons. The molecule has 0 unspecified atom stereocenters. The highest BCUT2D eigenvalue weighted by Crippen LogP contribution is 2.18. The van der Waals surface area contributed by atoms with Gasteiger partial charge < -0.3 is 10.6 Å². The molecule has 0 aliphatic heterocycles. The zero-order chi connectivity index (χ0) is 19.9. The van der Waals surface area contributed by atoms with E-state index in [1.54, 1.807) is 48.5 Å². The maximum Gasteiger partial charge on any atom is 0.255 e. The minimum Gasteiger partial charge on any atom is -0.322 e. The van der Waals surface area contributed by atoms with Crippen molar-refractivity contribution in [3.05, 3.63) is 95.1 Å². The van der Waals surface area contributed by atoms with Crippen LogP contribution in [-0.2, 0) is 11.8 Å². The van der Waals surface area contributed by atoms with E-state index in [0.29, 0.717) is 34.3 Å². The summed E-state index contributed by atoms with van der Waals surface area (Å²) in [5.41, 5.74) is 4.12. The van der Waals surface area contributed by atoms with Gasteiger partial charge in [-0.25, -0.2) is 0 Å². The Morgan fingerprint density at radius 1 is 0.643 bits per heavy atom. The van der Waals surface area contributed by atoms with Crippen molar-refractivity contribution in [3.8, 4) is 0 Å². The molecule has 0 spiro atoms. The normalized spacial score (nSPS) is 10.4. The van der Waals surface area contributed by atoms with Crippen LogP contribution < -0.4 is 10.6 Å². The van der Waals surface area contributed by atoms with Gasteiger partial charge in [0.2, 0.25) is 0 Å². The van der Waals surface area contributed by atoms with Crippen molar-refractivity contribution < 1.29 is 9.59 Å². The summed E-state index contributed by atoms with van der Waals surface area (Å²) in [5.74, 6) is 0.332. The van der Waals surface area contributed by atoms with E-state index in [-0.39, 0.29) is 11.8 Å². The zero-order valence-electron chi connectivity index (χ0n) is 14.9. The van der Waals surface area contributed by atoms with Gasteiger partial charge in [0.1, 0.15) is 0 Å². The maximum absolute atomic E-state index is 12.4. The lowest BCUT2D eigenvalue weighted by Crippen LogP contribution is -2.14. The summed E-state index contributed by atoms with van der Waals surface area (Å²) in [6.45, 7) is 0. The van der Waals surface area contributed by atoms with E-state index in [9.17, 15) is 9.59 Å². The summed E-state index contributed by atoms with van der Waals surface area (Å²) in [4.78, 5) is 24.8. The number of amides is 2. The van der Waals surface area contributed by atoms with E-state index >= 15 is 0 Å². The Kier molecular flexibility index (Phi) is 6.69. The topological polar surface area (TPSA) is 58.2 Å². The predicted molar refractivity (Wildman–Crippen MR) is 114 cm³/mol. The second kappa shape index (κ2) is 9.40. The molecule has 2 N–H and O–H groups in total. The van der Waals surface area contributed by atoms with Crippen molar-refractivity contribution in [2.45, 2.75) is 11.8 Å². The van der Waals surface area contributed by atoms with Gasteiger partial charge in [0, 0.05) is 34.3 Å². The number of benzene rings is 3. The van der Waals surface area contributed by atoms with E-state index in [0.717, 1.165) is 11.1 Å². The first-order valence-corrected chi connectivity index (χ1v) is 9.68. The Bertz CT molecular complexity index is 894. The van der Waals surface area contributed by atoms with Gasteiger partial charge in [-0.1, -0.05) is 30.3 Å². The largest absolute Gasteiger partial charge is 0.322 e. The van der Waals surface area contributed by atoms with Crippen LogP contribution in [0.5, 0.6) is 0 Å². The molecule has 0 aliphatic carbocycles. The smallest absolute Gasteiger partial charge is 0.255 e. The third-order valence-electron chi connectivity index (χ3n) is 4.12. The standard InChI is InChI=1S/C22H18Cl2N2O2/c23-13-15-4-8-17(9-5-15)21(27)25-19-2-1-3-20(12-19)26-22(28)18-10-6-16(14-24)7-11-18/h1-12H,13-14H2,(H,25,27)(H,26,28). The van der Waals surface area contributed by atoms with Gasteiger partial charge in [-0.15, -0.1) is 23.2 Å². The van der Waals surface area contributed by atoms with Crippen LogP contribution in [0.15, 0.2) is 72.8 Å². The number of carbonyl (C=O) groups is 2. The molecule has 3 aromatic rings. The molecule has 0 saturated carbocycles. The van der Waals surface area contributed by atoms with Gasteiger partial charge in [0.15, 0.2) is 0 Å². The molecule has 0 radical (unpaired) electrons. The van der Waals surface area contributed by atoms with Gasteiger partial charge in [0.05, 0.1) is 0 Å². The van der Waals surface area contributed by atoms with E-state index in [1.807, 2.05) is 24.3 Å². The molecule has 3 rings (SSSR count). The first kappa shape index (κ1) is 19.9. The van der Waals surface area contributed by atoms with Crippen LogP contribution in [0.2, 0.25) is 0 Å². The van der Waals surface area contributed by atoms with Crippen LogP contribution in [0.1, 0.15) is 31.8 Å². The van der Waals surface area contributed by atoms with Crippen LogP contribution in [0.3, 0.4) is 0 Å². The molecule has 0 saturated heterocycles. The Hall–Kier alpha value is -2.82. The maximum atomic E-state index is 12.4. The number of hydrogen-bond acceptors (Lipinski definition) is 2. The fourth-order valence-electron chi connectivity index (χ4n) is 2.57. The molecular weight excluding hydrogens is 395 g/mol. The molecule has 2 amide bonds. The molecule has 3 aromatic carbocycles. The lowest BCUT2D eigenvalue weighted by Gasteiger charge is -2.09. The van der Waals surface area contributed by atoms with Crippen LogP contribution in [-0.4, -0.2) is 11.8 Å². The first-order chi connectivity index (χ1) is 13.6. The average Bonchev–Trinajstić information content (AvgIpc) is 2.74. The summed E-state index contributed by atoms with van der Waals surface area (Å²) in [7, 11) is 0. The lowest BCUT2D eigenvalue weighted by atomic mass is 10.1. The molecule has 0 atom stereocenters. The summed E-state index contributed by atoms with van der Waals surface area (Å²) in [6.07, 6.45) is 0. The van der Waals surface area contributed by atoms with Crippen molar-refractivity contribution in [2.24, 2.45) is 0 Å². The van der Waals surface area contributed by atoms with Gasteiger partial charge in [-0.05, 0) is 53.6 Å². The van der Waals surface area contributed by atoms with Crippen LogP contribution in [0, 0.1) is 0 Å². The van der Waals surface area contributed by atoms with Crippen LogP contribution in [0.4, 0.5) is 11.4 Å². The van der Waals surface area contributed by atoms with E-state index in [2.05, 4.69) is 10.6 Å². The SMILES string of the molecule is O=C(Nc1cccc(NC(=O)c2ccc(CCl)cc2)c1)c1ccc(CCl)cc1. The number of carbonyl (C=O) groups excluding carboxylic acids is 2. The third-order valence-corrected chi connectivity index (χ3v) is 4.74. The zero-order valence-corrected chi connectivity index (χ0v) is 16.4. The first-order valence-electron chi connectivity index (χ1n) is 8.61. The highest BCUT2D eigenvalue weighted by atomic mass is 35.5. The average molecular weight is 413 g/mol. The summed E-state index contributed by atoms with van der Waals surface area (Å²) in [5, 5.41) is 5.65. The van der Waals surface area contributed by atoms with Gasteiger partial charge in [0.25, 0.3) is 11.8 Å². The molecule has 0 aromatic heterocycles. The Morgan fingerprint density at radius 3 is 1.39 bits per heavy atom. The molecule has 4 nitrogen and oxygen atoms in total. The van der Waals surface area contributed by atoms with Crippen molar-refractivity contribution in [1.82, 2.24) is 0 Å². The second-order valence-corrected chi connectivity index (χ2v) is 6.68. The predicted octanol–water partition coefficient (Wildman–Crippen LogP) is 5.67. The van der Waals surface area contributed by atoms with E-state index in [1.165, 1.54) is 0 Å². The monoisotopic (exact) mass is 412 g/mol. The highest BCUT2D eigenvalue weighted by Gasteiger charge is 2.09. The van der Waals surface area contributed by atoms with Gasteiger partial charge in [-0.2, -0.15) is 0 Å². The number of hydrogen-bond donors (Lipinski definition) is 2. The van der Waals surface area contributed by atoms with E-state index < -0.39 is 0 Å². The Labute approximate surface area is 173 Å². The second-order valence-electron chi connectivity index (χ2n) is 6.15. The minimum atomic E-state index is -0.235. The minimum absolute atomic E-state index is 0.235. The highest BCUT2D eigenvalue weighted by molar-refractivity contribution is 6.17. The van der Waals surface area contributed by atoms with Crippen molar-refractivity contribution >= 4 is 46.4 Å². The molecule has 0 fully saturated rings. The molecule has 0 aliphatic rings. The van der Waals surface area contributed by atoms with Crippen molar-refractivity contribution in [3.63, 3.8) is 0 Å². The summed E-state index contributed by atoms with van der Waals surface area (Å²) < 4.78 is 0.